The van der Waals surface area contributed by atoms with E-state index < -0.39 is 0 Å². The maximum atomic E-state index is 12.4. The molecule has 1 aromatic carbocycles. The van der Waals surface area contributed by atoms with E-state index >= 15 is 0 Å². The third-order valence-electron chi connectivity index (χ3n) is 3.94. The molecular formula is C17H15N7O2. The van der Waals surface area contributed by atoms with Crippen molar-refractivity contribution in [3.63, 3.8) is 0 Å². The molecule has 0 radical (unpaired) electrons. The number of hydrogen-bond donors (Lipinski definition) is 3. The fourth-order valence-corrected chi connectivity index (χ4v) is 2.76. The Morgan fingerprint density at radius 2 is 2.23 bits per heavy atom. The predicted octanol–water partition coefficient (Wildman–Crippen LogP) is 1.51. The summed E-state index contributed by atoms with van der Waals surface area (Å²) in [7, 11) is 1.76. The predicted molar refractivity (Wildman–Crippen MR) is 94.8 cm³/mol. The molecule has 0 saturated carbocycles. The van der Waals surface area contributed by atoms with E-state index in [1.54, 1.807) is 35.8 Å². The Balaban J connectivity index is 1.89. The van der Waals surface area contributed by atoms with Crippen molar-refractivity contribution in [2.24, 2.45) is 0 Å². The number of nitrogens with zero attached hydrogens (tertiary/aromatic N) is 4. The SMILES string of the molecule is CNc1cc2nc3c(cnn13)C(=O)NCCOc1cc(C#N)cc(c1)N2. The minimum atomic E-state index is -0.279. The fourth-order valence-electron chi connectivity index (χ4n) is 2.76. The molecule has 130 valence electrons. The molecule has 3 aromatic rings. The van der Waals surface area contributed by atoms with Crippen LogP contribution >= 0.6 is 0 Å². The average molecular weight is 349 g/mol. The highest BCUT2D eigenvalue weighted by Crippen LogP contribution is 2.26. The quantitative estimate of drug-likeness (QED) is 0.610. The van der Waals surface area contributed by atoms with E-state index in [4.69, 9.17) is 4.74 Å². The fraction of sp³-hybridized carbons (Fsp3) is 0.176. The van der Waals surface area contributed by atoms with Crippen LogP contribution < -0.4 is 20.7 Å². The number of aromatic nitrogens is 3. The van der Waals surface area contributed by atoms with Gasteiger partial charge in [-0.2, -0.15) is 14.9 Å². The van der Waals surface area contributed by atoms with Crippen LogP contribution in [0.1, 0.15) is 15.9 Å². The molecule has 0 fully saturated rings. The van der Waals surface area contributed by atoms with E-state index in [-0.39, 0.29) is 12.5 Å². The molecule has 2 aromatic heterocycles. The molecule has 1 aliphatic rings. The van der Waals surface area contributed by atoms with Gasteiger partial charge in [0.15, 0.2) is 5.65 Å². The highest BCUT2D eigenvalue weighted by molar-refractivity contribution is 6.00. The lowest BCUT2D eigenvalue weighted by molar-refractivity contribution is 0.0948. The molecule has 0 unspecified atom stereocenters. The average Bonchev–Trinajstić information content (AvgIpc) is 3.07. The normalized spacial score (nSPS) is 13.5. The van der Waals surface area contributed by atoms with Gasteiger partial charge in [0.05, 0.1) is 24.4 Å². The van der Waals surface area contributed by atoms with Gasteiger partial charge in [0.1, 0.15) is 29.6 Å². The van der Waals surface area contributed by atoms with Crippen molar-refractivity contribution < 1.29 is 9.53 Å². The number of benzene rings is 1. The van der Waals surface area contributed by atoms with Crippen molar-refractivity contribution in [3.05, 3.63) is 41.6 Å². The Hall–Kier alpha value is -3.80. The van der Waals surface area contributed by atoms with Gasteiger partial charge in [-0.05, 0) is 12.1 Å². The lowest BCUT2D eigenvalue weighted by atomic mass is 10.2. The summed E-state index contributed by atoms with van der Waals surface area (Å²) in [5, 5.41) is 22.5. The van der Waals surface area contributed by atoms with Crippen LogP contribution in [0.5, 0.6) is 5.75 Å². The van der Waals surface area contributed by atoms with Crippen molar-refractivity contribution >= 4 is 28.9 Å². The number of hydrogen-bond acceptors (Lipinski definition) is 7. The van der Waals surface area contributed by atoms with E-state index in [0.29, 0.717) is 46.4 Å². The molecule has 3 N–H and O–H groups in total. The van der Waals surface area contributed by atoms with Crippen LogP contribution in [-0.2, 0) is 0 Å². The molecule has 4 rings (SSSR count). The molecule has 0 spiro atoms. The summed E-state index contributed by atoms with van der Waals surface area (Å²) in [4.78, 5) is 17.0. The van der Waals surface area contributed by atoms with Crippen LogP contribution in [0.4, 0.5) is 17.3 Å². The molecular weight excluding hydrogens is 334 g/mol. The molecule has 26 heavy (non-hydrogen) atoms. The zero-order chi connectivity index (χ0) is 18.1. The summed E-state index contributed by atoms with van der Waals surface area (Å²) in [6.45, 7) is 0.589. The number of ether oxygens (including phenoxy) is 1. The van der Waals surface area contributed by atoms with Crippen molar-refractivity contribution in [2.75, 3.05) is 30.8 Å². The standard InChI is InChI=1S/C17H15N7O2/c1-19-15-7-14-22-11-4-10(8-18)5-12(6-11)26-3-2-20-17(25)13-9-21-24(15)16(13)23-14/h4-7,9,19H,2-3H2,1H3,(H,20,25)(H,22,23). The minimum Gasteiger partial charge on any atom is -0.492 e. The smallest absolute Gasteiger partial charge is 0.256 e. The highest BCUT2D eigenvalue weighted by Gasteiger charge is 2.17. The molecule has 9 heteroatoms. The topological polar surface area (TPSA) is 116 Å². The van der Waals surface area contributed by atoms with Crippen molar-refractivity contribution in [1.29, 1.82) is 5.26 Å². The number of amides is 1. The van der Waals surface area contributed by atoms with Gasteiger partial charge in [0.2, 0.25) is 0 Å². The molecule has 1 aliphatic heterocycles. The summed E-state index contributed by atoms with van der Waals surface area (Å²) < 4.78 is 7.21. The molecule has 4 bridgehead atoms. The van der Waals surface area contributed by atoms with Crippen LogP contribution in [0.2, 0.25) is 0 Å². The molecule has 0 atom stereocenters. The number of nitrogens with one attached hydrogen (secondary N) is 3. The van der Waals surface area contributed by atoms with Crippen molar-refractivity contribution in [2.45, 2.75) is 0 Å². The Labute approximate surface area is 148 Å². The summed E-state index contributed by atoms with van der Waals surface area (Å²) in [6.07, 6.45) is 1.48. The van der Waals surface area contributed by atoms with Gasteiger partial charge in [0, 0.05) is 24.9 Å². The van der Waals surface area contributed by atoms with Gasteiger partial charge in [-0.1, -0.05) is 0 Å². The van der Waals surface area contributed by atoms with Gasteiger partial charge in [-0.15, -0.1) is 0 Å². The first-order valence-electron chi connectivity index (χ1n) is 7.97. The van der Waals surface area contributed by atoms with Crippen molar-refractivity contribution in [1.82, 2.24) is 19.9 Å². The highest BCUT2D eigenvalue weighted by atomic mass is 16.5. The number of fused-ring (bicyclic) bond motifs is 3. The second-order valence-corrected chi connectivity index (χ2v) is 5.66. The first-order valence-corrected chi connectivity index (χ1v) is 7.97. The molecule has 0 saturated heterocycles. The Kier molecular flexibility index (Phi) is 3.78. The number of anilines is 3. The summed E-state index contributed by atoms with van der Waals surface area (Å²) in [5.74, 6) is 1.44. The Bertz CT molecular complexity index is 1050. The lowest BCUT2D eigenvalue weighted by Crippen LogP contribution is -2.28. The molecule has 9 nitrogen and oxygen atoms in total. The third kappa shape index (κ3) is 2.73. The summed E-state index contributed by atoms with van der Waals surface area (Å²) in [6, 6.07) is 9.01. The largest absolute Gasteiger partial charge is 0.492 e. The van der Waals surface area contributed by atoms with Crippen LogP contribution in [-0.4, -0.2) is 40.7 Å². The van der Waals surface area contributed by atoms with E-state index in [1.807, 2.05) is 0 Å². The number of nitriles is 1. The van der Waals surface area contributed by atoms with Crippen molar-refractivity contribution in [3.8, 4) is 11.8 Å². The maximum Gasteiger partial charge on any atom is 0.256 e. The summed E-state index contributed by atoms with van der Waals surface area (Å²) >= 11 is 0. The second-order valence-electron chi connectivity index (χ2n) is 5.66. The first kappa shape index (κ1) is 15.7. The van der Waals surface area contributed by atoms with E-state index in [1.165, 1.54) is 6.20 Å². The number of carbonyl (C=O) groups is 1. The first-order chi connectivity index (χ1) is 12.7. The number of rotatable bonds is 1. The molecule has 3 heterocycles. The zero-order valence-electron chi connectivity index (χ0n) is 13.9. The second kappa shape index (κ2) is 6.25. The number of carbonyl (C=O) groups excluding carboxylic acids is 1. The van der Waals surface area contributed by atoms with E-state index in [2.05, 4.69) is 32.1 Å². The Morgan fingerprint density at radius 3 is 3.04 bits per heavy atom. The third-order valence-corrected chi connectivity index (χ3v) is 3.94. The monoisotopic (exact) mass is 349 g/mol. The molecule has 0 aliphatic carbocycles. The summed E-state index contributed by atoms with van der Waals surface area (Å²) in [5.41, 5.74) is 1.92. The van der Waals surface area contributed by atoms with Gasteiger partial charge in [-0.3, -0.25) is 4.79 Å². The van der Waals surface area contributed by atoms with Gasteiger partial charge in [0.25, 0.3) is 5.91 Å². The van der Waals surface area contributed by atoms with Gasteiger partial charge in [-0.25, -0.2) is 4.98 Å². The van der Waals surface area contributed by atoms with Crippen LogP contribution in [0.3, 0.4) is 0 Å². The van der Waals surface area contributed by atoms with Crippen LogP contribution in [0.15, 0.2) is 30.5 Å². The maximum absolute atomic E-state index is 12.4. The minimum absolute atomic E-state index is 0.275. The van der Waals surface area contributed by atoms with E-state index in [9.17, 15) is 10.1 Å². The van der Waals surface area contributed by atoms with Crippen LogP contribution in [0, 0.1) is 11.3 Å². The zero-order valence-corrected chi connectivity index (χ0v) is 13.9. The van der Waals surface area contributed by atoms with E-state index in [0.717, 1.165) is 0 Å². The lowest BCUT2D eigenvalue weighted by Gasteiger charge is -2.11. The van der Waals surface area contributed by atoms with Gasteiger partial charge >= 0.3 is 0 Å². The Morgan fingerprint density at radius 1 is 1.35 bits per heavy atom. The van der Waals surface area contributed by atoms with Gasteiger partial charge < -0.3 is 20.7 Å². The van der Waals surface area contributed by atoms with Crippen LogP contribution in [0.25, 0.3) is 5.65 Å². The molecule has 1 amide bonds.